The second-order valence-electron chi connectivity index (χ2n) is 4.75. The Hall–Kier alpha value is -0.680. The standard InChI is InChI=1S/C13H18ClN3S/c1-16-4-6-17(7-5-16)9-11-3-2-10(13(15)18)8-12(11)14/h2-3,8H,4-7,9H2,1H3,(H2,15,18). The fraction of sp³-hybridized carbons (Fsp3) is 0.462. The zero-order valence-corrected chi connectivity index (χ0v) is 12.1. The summed E-state index contributed by atoms with van der Waals surface area (Å²) in [4.78, 5) is 5.15. The van der Waals surface area contributed by atoms with Gasteiger partial charge in [-0.05, 0) is 18.7 Å². The predicted octanol–water partition coefficient (Wildman–Crippen LogP) is 1.72. The van der Waals surface area contributed by atoms with Crippen molar-refractivity contribution in [2.45, 2.75) is 6.54 Å². The van der Waals surface area contributed by atoms with E-state index in [9.17, 15) is 0 Å². The molecule has 1 fully saturated rings. The molecule has 1 aromatic rings. The topological polar surface area (TPSA) is 32.5 Å². The van der Waals surface area contributed by atoms with Crippen molar-refractivity contribution in [2.75, 3.05) is 33.2 Å². The third kappa shape index (κ3) is 3.42. The monoisotopic (exact) mass is 283 g/mol. The minimum Gasteiger partial charge on any atom is -0.389 e. The highest BCUT2D eigenvalue weighted by Crippen LogP contribution is 2.20. The Morgan fingerprint density at radius 1 is 1.33 bits per heavy atom. The molecule has 0 radical (unpaired) electrons. The van der Waals surface area contributed by atoms with Crippen LogP contribution in [0.5, 0.6) is 0 Å². The highest BCUT2D eigenvalue weighted by molar-refractivity contribution is 7.80. The van der Waals surface area contributed by atoms with Crippen LogP contribution in [0.3, 0.4) is 0 Å². The molecule has 0 aromatic heterocycles. The van der Waals surface area contributed by atoms with Gasteiger partial charge in [0, 0.05) is 43.3 Å². The van der Waals surface area contributed by atoms with Crippen molar-refractivity contribution in [1.82, 2.24) is 9.80 Å². The van der Waals surface area contributed by atoms with Gasteiger partial charge in [-0.3, -0.25) is 4.90 Å². The summed E-state index contributed by atoms with van der Waals surface area (Å²) in [6, 6.07) is 5.82. The zero-order chi connectivity index (χ0) is 13.1. The second-order valence-corrected chi connectivity index (χ2v) is 5.60. The predicted molar refractivity (Wildman–Crippen MR) is 80.1 cm³/mol. The molecule has 2 N–H and O–H groups in total. The Morgan fingerprint density at radius 3 is 2.56 bits per heavy atom. The molecule has 0 amide bonds. The number of nitrogens with zero attached hydrogens (tertiary/aromatic N) is 2. The van der Waals surface area contributed by atoms with Gasteiger partial charge in [-0.2, -0.15) is 0 Å². The van der Waals surface area contributed by atoms with E-state index in [1.807, 2.05) is 18.2 Å². The van der Waals surface area contributed by atoms with Crippen molar-refractivity contribution in [3.63, 3.8) is 0 Å². The van der Waals surface area contributed by atoms with Crippen molar-refractivity contribution in [3.05, 3.63) is 34.3 Å². The normalized spacial score (nSPS) is 17.9. The number of piperazine rings is 1. The van der Waals surface area contributed by atoms with Gasteiger partial charge >= 0.3 is 0 Å². The average Bonchev–Trinajstić information content (AvgIpc) is 2.34. The first-order valence-electron chi connectivity index (χ1n) is 6.05. The van der Waals surface area contributed by atoms with Gasteiger partial charge in [0.1, 0.15) is 4.99 Å². The van der Waals surface area contributed by atoms with E-state index >= 15 is 0 Å². The Labute approximate surface area is 119 Å². The molecule has 1 aliphatic rings. The third-order valence-corrected chi connectivity index (χ3v) is 3.91. The quantitative estimate of drug-likeness (QED) is 0.857. The second kappa shape index (κ2) is 5.97. The SMILES string of the molecule is CN1CCN(Cc2ccc(C(N)=S)cc2Cl)CC1. The van der Waals surface area contributed by atoms with E-state index in [2.05, 4.69) is 16.8 Å². The van der Waals surface area contributed by atoms with Crippen LogP contribution in [0, 0.1) is 0 Å². The summed E-state index contributed by atoms with van der Waals surface area (Å²) in [7, 11) is 2.15. The van der Waals surface area contributed by atoms with Crippen LogP contribution in [0.25, 0.3) is 0 Å². The molecule has 2 rings (SSSR count). The van der Waals surface area contributed by atoms with Crippen LogP contribution in [0.1, 0.15) is 11.1 Å². The molecule has 0 bridgehead atoms. The van der Waals surface area contributed by atoms with Gasteiger partial charge in [0.05, 0.1) is 0 Å². The summed E-state index contributed by atoms with van der Waals surface area (Å²) >= 11 is 11.2. The average molecular weight is 284 g/mol. The van der Waals surface area contributed by atoms with Crippen LogP contribution in [0.2, 0.25) is 5.02 Å². The maximum absolute atomic E-state index is 6.27. The maximum Gasteiger partial charge on any atom is 0.104 e. The smallest absolute Gasteiger partial charge is 0.104 e. The van der Waals surface area contributed by atoms with Crippen molar-refractivity contribution in [2.24, 2.45) is 5.73 Å². The van der Waals surface area contributed by atoms with Gasteiger partial charge in [0.2, 0.25) is 0 Å². The van der Waals surface area contributed by atoms with E-state index in [0.29, 0.717) is 4.99 Å². The molecule has 0 spiro atoms. The molecule has 5 heteroatoms. The molecular formula is C13H18ClN3S. The van der Waals surface area contributed by atoms with Gasteiger partial charge in [0.15, 0.2) is 0 Å². The van der Waals surface area contributed by atoms with Crippen molar-refractivity contribution < 1.29 is 0 Å². The molecule has 0 atom stereocenters. The molecule has 1 saturated heterocycles. The van der Waals surface area contributed by atoms with E-state index in [4.69, 9.17) is 29.6 Å². The highest BCUT2D eigenvalue weighted by Gasteiger charge is 2.15. The zero-order valence-electron chi connectivity index (χ0n) is 10.5. The lowest BCUT2D eigenvalue weighted by atomic mass is 10.1. The van der Waals surface area contributed by atoms with E-state index < -0.39 is 0 Å². The molecule has 3 nitrogen and oxygen atoms in total. The first kappa shape index (κ1) is 13.7. The van der Waals surface area contributed by atoms with Crippen molar-refractivity contribution in [1.29, 1.82) is 0 Å². The van der Waals surface area contributed by atoms with E-state index in [-0.39, 0.29) is 0 Å². The number of halogens is 1. The fourth-order valence-electron chi connectivity index (χ4n) is 2.08. The molecule has 0 aliphatic carbocycles. The number of benzene rings is 1. The minimum atomic E-state index is 0.392. The number of nitrogens with two attached hydrogens (primary N) is 1. The van der Waals surface area contributed by atoms with Crippen LogP contribution in [0.15, 0.2) is 18.2 Å². The molecule has 98 valence electrons. The third-order valence-electron chi connectivity index (χ3n) is 3.33. The summed E-state index contributed by atoms with van der Waals surface area (Å²) in [5.41, 5.74) is 7.56. The minimum absolute atomic E-state index is 0.392. The van der Waals surface area contributed by atoms with Crippen molar-refractivity contribution in [3.8, 4) is 0 Å². The molecule has 0 saturated carbocycles. The number of hydrogen-bond acceptors (Lipinski definition) is 3. The molecule has 18 heavy (non-hydrogen) atoms. The summed E-state index contributed by atoms with van der Waals surface area (Å²) in [6.45, 7) is 5.29. The Morgan fingerprint density at radius 2 is 2.00 bits per heavy atom. The van der Waals surface area contributed by atoms with Crippen LogP contribution < -0.4 is 5.73 Å². The van der Waals surface area contributed by atoms with Gasteiger partial charge in [-0.15, -0.1) is 0 Å². The Bertz CT molecular complexity index is 442. The maximum atomic E-state index is 6.27. The van der Waals surface area contributed by atoms with Gasteiger partial charge in [-0.1, -0.05) is 36.0 Å². The Kier molecular flexibility index (Phi) is 4.56. The molecule has 0 unspecified atom stereocenters. The lowest BCUT2D eigenvalue weighted by molar-refractivity contribution is 0.148. The molecule has 1 aliphatic heterocycles. The summed E-state index contributed by atoms with van der Waals surface area (Å²) in [6.07, 6.45) is 0. The summed E-state index contributed by atoms with van der Waals surface area (Å²) in [5, 5.41) is 0.749. The fourth-order valence-corrected chi connectivity index (χ4v) is 2.44. The van der Waals surface area contributed by atoms with E-state index in [0.717, 1.165) is 48.9 Å². The summed E-state index contributed by atoms with van der Waals surface area (Å²) in [5.74, 6) is 0. The van der Waals surface area contributed by atoms with Crippen molar-refractivity contribution >= 4 is 28.8 Å². The van der Waals surface area contributed by atoms with Crippen LogP contribution in [0.4, 0.5) is 0 Å². The number of hydrogen-bond donors (Lipinski definition) is 1. The summed E-state index contributed by atoms with van der Waals surface area (Å²) < 4.78 is 0. The molecular weight excluding hydrogens is 266 g/mol. The largest absolute Gasteiger partial charge is 0.389 e. The first-order chi connectivity index (χ1) is 8.56. The molecule has 1 heterocycles. The lowest BCUT2D eigenvalue weighted by Gasteiger charge is -2.32. The van der Waals surface area contributed by atoms with E-state index in [1.54, 1.807) is 0 Å². The van der Waals surface area contributed by atoms with Gasteiger partial charge in [0.25, 0.3) is 0 Å². The molecule has 1 aromatic carbocycles. The van der Waals surface area contributed by atoms with E-state index in [1.165, 1.54) is 0 Å². The highest BCUT2D eigenvalue weighted by atomic mass is 35.5. The van der Waals surface area contributed by atoms with Gasteiger partial charge < -0.3 is 10.6 Å². The van der Waals surface area contributed by atoms with Crippen LogP contribution in [-0.4, -0.2) is 48.0 Å². The number of rotatable bonds is 3. The Balaban J connectivity index is 2.03. The number of thiocarbonyl (C=S) groups is 1. The first-order valence-corrected chi connectivity index (χ1v) is 6.84. The van der Waals surface area contributed by atoms with Gasteiger partial charge in [-0.25, -0.2) is 0 Å². The lowest BCUT2D eigenvalue weighted by Crippen LogP contribution is -2.43. The van der Waals surface area contributed by atoms with Crippen LogP contribution in [-0.2, 0) is 6.54 Å². The van der Waals surface area contributed by atoms with Crippen LogP contribution >= 0.6 is 23.8 Å². The number of likely N-dealkylation sites (N-methyl/N-ethyl adjacent to an activating group) is 1.